The SMILES string of the molecule is CC(=O)NCc1ccc(C(=O)COC(=O)COc2ccc(C(C)C)cc2)s1. The molecule has 1 N–H and O–H groups in total. The zero-order chi connectivity index (χ0) is 19.8. The number of carbonyl (C=O) groups excluding carboxylic acids is 3. The molecule has 0 aliphatic heterocycles. The number of benzene rings is 1. The van der Waals surface area contributed by atoms with Crippen molar-refractivity contribution < 1.29 is 23.9 Å². The molecule has 0 fully saturated rings. The van der Waals surface area contributed by atoms with Gasteiger partial charge in [0.2, 0.25) is 11.7 Å². The standard InChI is InChI=1S/C20H23NO5S/c1-13(2)15-4-6-16(7-5-15)25-12-20(24)26-11-18(23)19-9-8-17(27-19)10-21-14(3)22/h4-9,13H,10-12H2,1-3H3,(H,21,22). The molecule has 0 radical (unpaired) electrons. The van der Waals surface area contributed by atoms with Gasteiger partial charge in [0.25, 0.3) is 0 Å². The summed E-state index contributed by atoms with van der Waals surface area (Å²) >= 11 is 1.26. The summed E-state index contributed by atoms with van der Waals surface area (Å²) in [5.74, 6) is -0.0336. The first-order chi connectivity index (χ1) is 12.8. The number of rotatable bonds is 9. The highest BCUT2D eigenvalue weighted by molar-refractivity contribution is 7.14. The van der Waals surface area contributed by atoms with Gasteiger partial charge in [-0.2, -0.15) is 0 Å². The van der Waals surface area contributed by atoms with E-state index in [0.29, 0.717) is 23.1 Å². The van der Waals surface area contributed by atoms with Crippen LogP contribution in [0.2, 0.25) is 0 Å². The number of Topliss-reactive ketones (excluding diaryl/α,β-unsaturated/α-hetero) is 1. The molecule has 144 valence electrons. The van der Waals surface area contributed by atoms with Crippen LogP contribution in [-0.4, -0.2) is 30.9 Å². The Balaban J connectivity index is 1.74. The fraction of sp³-hybridized carbons (Fsp3) is 0.350. The first kappa shape index (κ1) is 20.6. The summed E-state index contributed by atoms with van der Waals surface area (Å²) in [6, 6.07) is 10.9. The van der Waals surface area contributed by atoms with E-state index in [1.165, 1.54) is 23.8 Å². The number of hydrogen-bond acceptors (Lipinski definition) is 6. The molecule has 0 saturated heterocycles. The van der Waals surface area contributed by atoms with Crippen LogP contribution in [0.1, 0.15) is 46.8 Å². The van der Waals surface area contributed by atoms with Gasteiger partial charge in [-0.3, -0.25) is 9.59 Å². The Kier molecular flexibility index (Phi) is 7.55. The number of hydrogen-bond donors (Lipinski definition) is 1. The van der Waals surface area contributed by atoms with Crippen molar-refractivity contribution in [1.29, 1.82) is 0 Å². The molecule has 1 aromatic carbocycles. The van der Waals surface area contributed by atoms with Gasteiger partial charge in [-0.15, -0.1) is 11.3 Å². The first-order valence-corrected chi connectivity index (χ1v) is 9.41. The molecule has 0 spiro atoms. The highest BCUT2D eigenvalue weighted by Crippen LogP contribution is 2.19. The number of esters is 1. The second-order valence-corrected chi connectivity index (χ2v) is 7.44. The maximum absolute atomic E-state index is 12.1. The van der Waals surface area contributed by atoms with E-state index in [1.807, 2.05) is 12.1 Å². The van der Waals surface area contributed by atoms with Crippen molar-refractivity contribution in [2.24, 2.45) is 0 Å². The Hall–Kier alpha value is -2.67. The van der Waals surface area contributed by atoms with E-state index in [4.69, 9.17) is 9.47 Å². The van der Waals surface area contributed by atoms with Crippen molar-refractivity contribution in [3.05, 3.63) is 51.7 Å². The van der Waals surface area contributed by atoms with Crippen LogP contribution in [-0.2, 0) is 20.9 Å². The van der Waals surface area contributed by atoms with Crippen LogP contribution in [0.4, 0.5) is 0 Å². The lowest BCUT2D eigenvalue weighted by atomic mass is 10.0. The zero-order valence-electron chi connectivity index (χ0n) is 15.6. The minimum absolute atomic E-state index is 0.135. The van der Waals surface area contributed by atoms with Gasteiger partial charge in [-0.1, -0.05) is 26.0 Å². The van der Waals surface area contributed by atoms with Crippen LogP contribution in [0.3, 0.4) is 0 Å². The number of carbonyl (C=O) groups is 3. The summed E-state index contributed by atoms with van der Waals surface area (Å²) in [6.45, 7) is 5.40. The van der Waals surface area contributed by atoms with Gasteiger partial charge in [-0.25, -0.2) is 4.79 Å². The third-order valence-corrected chi connectivity index (χ3v) is 4.84. The molecule has 7 heteroatoms. The van der Waals surface area contributed by atoms with Crippen molar-refractivity contribution in [1.82, 2.24) is 5.32 Å². The van der Waals surface area contributed by atoms with Crippen molar-refractivity contribution in [3.8, 4) is 5.75 Å². The summed E-state index contributed by atoms with van der Waals surface area (Å²) in [5.41, 5.74) is 1.18. The normalized spacial score (nSPS) is 10.5. The van der Waals surface area contributed by atoms with Crippen molar-refractivity contribution in [2.75, 3.05) is 13.2 Å². The van der Waals surface area contributed by atoms with Crippen LogP contribution in [0, 0.1) is 0 Å². The molecule has 0 aliphatic rings. The number of amides is 1. The minimum Gasteiger partial charge on any atom is -0.482 e. The Labute approximate surface area is 162 Å². The van der Waals surface area contributed by atoms with E-state index >= 15 is 0 Å². The van der Waals surface area contributed by atoms with E-state index in [0.717, 1.165) is 4.88 Å². The van der Waals surface area contributed by atoms with Gasteiger partial charge < -0.3 is 14.8 Å². The van der Waals surface area contributed by atoms with Crippen LogP contribution >= 0.6 is 11.3 Å². The molecular formula is C20H23NO5S. The smallest absolute Gasteiger partial charge is 0.344 e. The Morgan fingerprint density at radius 3 is 2.37 bits per heavy atom. The molecule has 0 atom stereocenters. The lowest BCUT2D eigenvalue weighted by Crippen LogP contribution is -2.19. The molecule has 2 aromatic rings. The highest BCUT2D eigenvalue weighted by atomic mass is 32.1. The second-order valence-electron chi connectivity index (χ2n) is 6.27. The summed E-state index contributed by atoms with van der Waals surface area (Å²) in [7, 11) is 0. The molecule has 0 saturated carbocycles. The van der Waals surface area contributed by atoms with E-state index in [-0.39, 0.29) is 24.9 Å². The molecule has 0 bridgehead atoms. The fourth-order valence-corrected chi connectivity index (χ4v) is 3.06. The molecule has 27 heavy (non-hydrogen) atoms. The lowest BCUT2D eigenvalue weighted by Gasteiger charge is -2.08. The Morgan fingerprint density at radius 1 is 1.04 bits per heavy atom. The quantitative estimate of drug-likeness (QED) is 0.526. The maximum atomic E-state index is 12.1. The number of nitrogens with one attached hydrogen (secondary N) is 1. The molecule has 1 heterocycles. The molecule has 1 aromatic heterocycles. The highest BCUT2D eigenvalue weighted by Gasteiger charge is 2.13. The summed E-state index contributed by atoms with van der Waals surface area (Å²) < 4.78 is 10.3. The van der Waals surface area contributed by atoms with E-state index in [9.17, 15) is 14.4 Å². The van der Waals surface area contributed by atoms with Gasteiger partial charge in [0, 0.05) is 11.8 Å². The fourth-order valence-electron chi connectivity index (χ4n) is 2.18. The monoisotopic (exact) mass is 389 g/mol. The van der Waals surface area contributed by atoms with Crippen LogP contribution in [0.15, 0.2) is 36.4 Å². The summed E-state index contributed by atoms with van der Waals surface area (Å²) in [6.07, 6.45) is 0. The van der Waals surface area contributed by atoms with Gasteiger partial charge in [-0.05, 0) is 35.7 Å². The first-order valence-electron chi connectivity index (χ1n) is 8.60. The minimum atomic E-state index is -0.605. The van der Waals surface area contributed by atoms with E-state index in [2.05, 4.69) is 19.2 Å². The number of ketones is 1. The van der Waals surface area contributed by atoms with Gasteiger partial charge in [0.1, 0.15) is 5.75 Å². The van der Waals surface area contributed by atoms with E-state index < -0.39 is 5.97 Å². The third kappa shape index (κ3) is 6.86. The average Bonchev–Trinajstić information content (AvgIpc) is 3.12. The topological polar surface area (TPSA) is 81.7 Å². The molecule has 0 unspecified atom stereocenters. The number of thiophene rings is 1. The van der Waals surface area contributed by atoms with Gasteiger partial charge >= 0.3 is 5.97 Å². The van der Waals surface area contributed by atoms with Crippen molar-refractivity contribution >= 4 is 29.0 Å². The van der Waals surface area contributed by atoms with Gasteiger partial charge in [0.05, 0.1) is 11.4 Å². The Bertz CT molecular complexity index is 795. The number of ether oxygens (including phenoxy) is 2. The maximum Gasteiger partial charge on any atom is 0.344 e. The summed E-state index contributed by atoms with van der Waals surface area (Å²) in [5, 5.41) is 2.66. The van der Waals surface area contributed by atoms with Gasteiger partial charge in [0.15, 0.2) is 13.2 Å². The zero-order valence-corrected chi connectivity index (χ0v) is 16.4. The van der Waals surface area contributed by atoms with Crippen molar-refractivity contribution in [3.63, 3.8) is 0 Å². The van der Waals surface area contributed by atoms with Crippen LogP contribution < -0.4 is 10.1 Å². The molecule has 1 amide bonds. The van der Waals surface area contributed by atoms with Crippen molar-refractivity contribution in [2.45, 2.75) is 33.2 Å². The average molecular weight is 389 g/mol. The molecule has 6 nitrogen and oxygen atoms in total. The predicted molar refractivity (Wildman–Crippen MR) is 103 cm³/mol. The predicted octanol–water partition coefficient (Wildman–Crippen LogP) is 3.31. The van der Waals surface area contributed by atoms with Crippen LogP contribution in [0.25, 0.3) is 0 Å². The molecule has 0 aliphatic carbocycles. The van der Waals surface area contributed by atoms with E-state index in [1.54, 1.807) is 24.3 Å². The van der Waals surface area contributed by atoms with Crippen LogP contribution in [0.5, 0.6) is 5.75 Å². The molecule has 2 rings (SSSR count). The largest absolute Gasteiger partial charge is 0.482 e. The lowest BCUT2D eigenvalue weighted by molar-refractivity contribution is -0.144. The second kappa shape index (κ2) is 9.87. The third-order valence-electron chi connectivity index (χ3n) is 3.72. The summed E-state index contributed by atoms with van der Waals surface area (Å²) in [4.78, 5) is 36.1. The molecular weight excluding hydrogens is 366 g/mol. The Morgan fingerprint density at radius 2 is 1.74 bits per heavy atom.